The minimum atomic E-state index is 0.812. The number of methoxy groups -OCH3 is 1. The van der Waals surface area contributed by atoms with Crippen molar-refractivity contribution >= 4 is 48.3 Å². The minimum absolute atomic E-state index is 0.812. The smallest absolute Gasteiger partial charge is 0.188 e. The molecule has 126 valence electrons. The molecule has 25 heavy (non-hydrogen) atoms. The zero-order chi connectivity index (χ0) is 17.4. The number of fused-ring (bicyclic) bond motifs is 1. The van der Waals surface area contributed by atoms with Crippen molar-refractivity contribution in [2.45, 2.75) is 0 Å². The number of rotatable bonds is 4. The summed E-state index contributed by atoms with van der Waals surface area (Å²) >= 11 is 5.17. The zero-order valence-corrected chi connectivity index (χ0v) is 16.1. The molecule has 0 saturated heterocycles. The highest BCUT2D eigenvalue weighted by Crippen LogP contribution is 2.33. The molecule has 2 aromatic carbocycles. The van der Waals surface area contributed by atoms with E-state index in [1.54, 1.807) is 24.6 Å². The molecule has 5 nitrogen and oxygen atoms in total. The Bertz CT molecular complexity index is 1040. The van der Waals surface area contributed by atoms with Crippen molar-refractivity contribution in [2.75, 3.05) is 12.4 Å². The number of nitrogens with one attached hydrogen (secondary N) is 1. The maximum atomic E-state index is 5.26. The number of nitrogens with zero attached hydrogens (tertiary/aromatic N) is 3. The lowest BCUT2D eigenvalue weighted by Crippen LogP contribution is -1.95. The molecule has 0 spiro atoms. The van der Waals surface area contributed by atoms with Crippen LogP contribution in [0.3, 0.4) is 0 Å². The van der Waals surface area contributed by atoms with E-state index >= 15 is 0 Å². The quantitative estimate of drug-likeness (QED) is 0.497. The first-order chi connectivity index (χ1) is 12.1. The Labute approximate surface area is 157 Å². The molecule has 0 aliphatic carbocycles. The summed E-state index contributed by atoms with van der Waals surface area (Å²) in [6, 6.07) is 14.1. The minimum Gasteiger partial charge on any atom is -0.497 e. The van der Waals surface area contributed by atoms with E-state index in [1.165, 1.54) is 0 Å². The second-order valence-corrected chi connectivity index (χ2v) is 7.41. The molecule has 4 aromatic rings. The molecule has 2 aromatic heterocycles. The summed E-state index contributed by atoms with van der Waals surface area (Å²) in [5, 5.41) is 8.52. The van der Waals surface area contributed by atoms with Gasteiger partial charge < -0.3 is 10.1 Å². The fourth-order valence-electron chi connectivity index (χ4n) is 2.69. The van der Waals surface area contributed by atoms with Crippen molar-refractivity contribution in [2.24, 2.45) is 7.05 Å². The number of hydrogen-bond acceptors (Lipinski definition) is 5. The predicted octanol–water partition coefficient (Wildman–Crippen LogP) is 5.21. The molecule has 0 atom stereocenters. The van der Waals surface area contributed by atoms with Gasteiger partial charge in [-0.3, -0.25) is 4.68 Å². The lowest BCUT2D eigenvalue weighted by molar-refractivity contribution is 0.415. The predicted molar refractivity (Wildman–Crippen MR) is 106 cm³/mol. The maximum Gasteiger partial charge on any atom is 0.188 e. The number of halogens is 1. The molecular formula is C18H15BrN4OS. The number of hydrogen-bond donors (Lipinski definition) is 1. The van der Waals surface area contributed by atoms with E-state index in [4.69, 9.17) is 4.74 Å². The molecule has 1 N–H and O–H groups in total. The Kier molecular flexibility index (Phi) is 4.19. The number of benzene rings is 2. The monoisotopic (exact) mass is 414 g/mol. The molecule has 0 saturated carbocycles. The topological polar surface area (TPSA) is 52.0 Å². The summed E-state index contributed by atoms with van der Waals surface area (Å²) in [5.41, 5.74) is 4.03. The molecule has 7 heteroatoms. The summed E-state index contributed by atoms with van der Waals surface area (Å²) in [7, 11) is 3.59. The van der Waals surface area contributed by atoms with Gasteiger partial charge in [-0.2, -0.15) is 5.10 Å². The fraction of sp³-hybridized carbons (Fsp3) is 0.111. The summed E-state index contributed by atoms with van der Waals surface area (Å²) in [6.45, 7) is 0. The third kappa shape index (κ3) is 3.12. The lowest BCUT2D eigenvalue weighted by Gasteiger charge is -2.07. The second-order valence-electron chi connectivity index (χ2n) is 5.52. The summed E-state index contributed by atoms with van der Waals surface area (Å²) < 4.78 is 9.21. The van der Waals surface area contributed by atoms with E-state index in [1.807, 2.05) is 42.1 Å². The van der Waals surface area contributed by atoms with E-state index in [9.17, 15) is 0 Å². The highest BCUT2D eigenvalue weighted by atomic mass is 79.9. The van der Waals surface area contributed by atoms with E-state index in [2.05, 4.69) is 43.5 Å². The molecule has 0 aliphatic rings. The first-order valence-corrected chi connectivity index (χ1v) is 9.24. The van der Waals surface area contributed by atoms with Crippen LogP contribution in [0.1, 0.15) is 0 Å². The van der Waals surface area contributed by atoms with Crippen LogP contribution in [0.15, 0.2) is 53.1 Å². The largest absolute Gasteiger partial charge is 0.497 e. The third-order valence-electron chi connectivity index (χ3n) is 3.88. The SMILES string of the molecule is COc1ccc2sc(Nc3cccc(-c4c(Br)cnn4C)c3)nc2c1. The average molecular weight is 415 g/mol. The number of aryl methyl sites for hydroxylation is 1. The second kappa shape index (κ2) is 6.50. The van der Waals surface area contributed by atoms with Crippen LogP contribution >= 0.6 is 27.3 Å². The van der Waals surface area contributed by atoms with Gasteiger partial charge in [0, 0.05) is 24.4 Å². The Hall–Kier alpha value is -2.38. The van der Waals surface area contributed by atoms with Gasteiger partial charge in [0.15, 0.2) is 5.13 Å². The van der Waals surface area contributed by atoms with Gasteiger partial charge >= 0.3 is 0 Å². The van der Waals surface area contributed by atoms with Crippen molar-refractivity contribution in [1.82, 2.24) is 14.8 Å². The van der Waals surface area contributed by atoms with Crippen LogP contribution in [-0.4, -0.2) is 21.9 Å². The summed E-state index contributed by atoms with van der Waals surface area (Å²) in [4.78, 5) is 4.64. The number of aromatic nitrogens is 3. The zero-order valence-electron chi connectivity index (χ0n) is 13.7. The van der Waals surface area contributed by atoms with Crippen molar-refractivity contribution in [3.05, 3.63) is 53.1 Å². The van der Waals surface area contributed by atoms with Crippen LogP contribution in [0.4, 0.5) is 10.8 Å². The highest BCUT2D eigenvalue weighted by molar-refractivity contribution is 9.10. The highest BCUT2D eigenvalue weighted by Gasteiger charge is 2.10. The first-order valence-electron chi connectivity index (χ1n) is 7.63. The average Bonchev–Trinajstić information content (AvgIpc) is 3.16. The van der Waals surface area contributed by atoms with Crippen molar-refractivity contribution in [1.29, 1.82) is 0 Å². The number of anilines is 2. The van der Waals surface area contributed by atoms with Gasteiger partial charge in [0.05, 0.1) is 33.7 Å². The molecule has 2 heterocycles. The number of ether oxygens (including phenoxy) is 1. The maximum absolute atomic E-state index is 5.26. The molecule has 0 bridgehead atoms. The Morgan fingerprint density at radius 2 is 2.08 bits per heavy atom. The standard InChI is InChI=1S/C18H15BrN4OS/c1-23-17(14(19)10-20-23)11-4-3-5-12(8-11)21-18-22-15-9-13(24-2)6-7-16(15)25-18/h3-10H,1-2H3,(H,21,22). The van der Waals surface area contributed by atoms with E-state index in [-0.39, 0.29) is 0 Å². The van der Waals surface area contributed by atoms with Crippen molar-refractivity contribution < 1.29 is 4.74 Å². The van der Waals surface area contributed by atoms with Gasteiger partial charge in [-0.1, -0.05) is 23.5 Å². The number of thiazole rings is 1. The van der Waals surface area contributed by atoms with Crippen LogP contribution in [-0.2, 0) is 7.05 Å². The van der Waals surface area contributed by atoms with E-state index < -0.39 is 0 Å². The Morgan fingerprint density at radius 1 is 1.20 bits per heavy atom. The van der Waals surface area contributed by atoms with E-state index in [0.29, 0.717) is 0 Å². The Balaban J connectivity index is 1.66. The van der Waals surface area contributed by atoms with Crippen LogP contribution in [0.5, 0.6) is 5.75 Å². The van der Waals surface area contributed by atoms with Gasteiger partial charge in [-0.15, -0.1) is 0 Å². The van der Waals surface area contributed by atoms with Gasteiger partial charge in [0.1, 0.15) is 5.75 Å². The van der Waals surface area contributed by atoms with Gasteiger partial charge in [0.2, 0.25) is 0 Å². The normalized spacial score (nSPS) is 11.0. The lowest BCUT2D eigenvalue weighted by atomic mass is 10.1. The molecule has 0 radical (unpaired) electrons. The molecule has 4 rings (SSSR count). The van der Waals surface area contributed by atoms with Gasteiger partial charge in [-0.25, -0.2) is 4.98 Å². The van der Waals surface area contributed by atoms with Gasteiger partial charge in [0.25, 0.3) is 0 Å². The van der Waals surface area contributed by atoms with E-state index in [0.717, 1.165) is 42.5 Å². The van der Waals surface area contributed by atoms with Crippen LogP contribution in [0.2, 0.25) is 0 Å². The molecule has 0 fully saturated rings. The van der Waals surface area contributed by atoms with Crippen LogP contribution < -0.4 is 10.1 Å². The van der Waals surface area contributed by atoms with Gasteiger partial charge in [-0.05, 0) is 40.2 Å². The first kappa shape index (κ1) is 16.1. The van der Waals surface area contributed by atoms with Crippen LogP contribution in [0, 0.1) is 0 Å². The third-order valence-corrected chi connectivity index (χ3v) is 5.41. The molecule has 0 aliphatic heterocycles. The Morgan fingerprint density at radius 3 is 2.84 bits per heavy atom. The van der Waals surface area contributed by atoms with Crippen molar-refractivity contribution in [3.63, 3.8) is 0 Å². The molecular weight excluding hydrogens is 400 g/mol. The molecule has 0 unspecified atom stereocenters. The van der Waals surface area contributed by atoms with Crippen LogP contribution in [0.25, 0.3) is 21.5 Å². The van der Waals surface area contributed by atoms with Crippen molar-refractivity contribution in [3.8, 4) is 17.0 Å². The molecule has 0 amide bonds. The summed E-state index contributed by atoms with van der Waals surface area (Å²) in [6.07, 6.45) is 1.80. The fourth-order valence-corrected chi connectivity index (χ4v) is 4.13. The summed E-state index contributed by atoms with van der Waals surface area (Å²) in [5.74, 6) is 0.812.